The molecule has 1 N–H and O–H groups in total. The molecule has 1 amide bonds. The van der Waals surface area contributed by atoms with E-state index in [9.17, 15) is 9.18 Å². The van der Waals surface area contributed by atoms with Crippen LogP contribution in [0.15, 0.2) is 57.2 Å². The zero-order valence-corrected chi connectivity index (χ0v) is 16.3. The van der Waals surface area contributed by atoms with Gasteiger partial charge in [-0.25, -0.2) is 14.8 Å². The highest BCUT2D eigenvalue weighted by Crippen LogP contribution is 2.23. The van der Waals surface area contributed by atoms with Crippen molar-refractivity contribution in [3.8, 4) is 0 Å². The molecule has 1 heterocycles. The van der Waals surface area contributed by atoms with Crippen LogP contribution in [0.4, 0.5) is 4.39 Å². The highest BCUT2D eigenvalue weighted by Gasteiger charge is 2.11. The Bertz CT molecular complexity index is 973. The number of fused-ring (bicyclic) bond motifs is 1. The summed E-state index contributed by atoms with van der Waals surface area (Å²) < 4.78 is 16.4. The summed E-state index contributed by atoms with van der Waals surface area (Å²) in [6.07, 6.45) is 1.28. The van der Waals surface area contributed by atoms with Crippen LogP contribution in [0.1, 0.15) is 12.5 Å². The number of carbonyl (C=O) groups is 1. The zero-order chi connectivity index (χ0) is 18.5. The van der Waals surface area contributed by atoms with E-state index < -0.39 is 5.82 Å². The van der Waals surface area contributed by atoms with Crippen LogP contribution in [0.2, 0.25) is 0 Å². The smallest absolute Gasteiger partial charge is 0.250 e. The minimum absolute atomic E-state index is 0.168. The van der Waals surface area contributed by atoms with Crippen LogP contribution in [0.3, 0.4) is 0 Å². The second-order valence-electron chi connectivity index (χ2n) is 5.38. The van der Waals surface area contributed by atoms with Gasteiger partial charge in [0.25, 0.3) is 5.91 Å². The number of thioether (sulfide) groups is 1. The standard InChI is InChI=1S/C18H16BrFN4OS/c1-2-24-16-6-4-3-5-15(16)22-18(24)26-11-17(25)23-21-10-12-9-13(19)7-8-14(12)20/h3-10H,2,11H2,1H3,(H,23,25)/b21-10-. The molecular weight excluding hydrogens is 419 g/mol. The molecule has 0 aliphatic rings. The van der Waals surface area contributed by atoms with Gasteiger partial charge < -0.3 is 4.57 Å². The monoisotopic (exact) mass is 434 g/mol. The minimum Gasteiger partial charge on any atom is -0.319 e. The molecule has 3 rings (SSSR count). The van der Waals surface area contributed by atoms with Gasteiger partial charge in [0, 0.05) is 16.6 Å². The number of halogens is 2. The summed E-state index contributed by atoms with van der Waals surface area (Å²) >= 11 is 4.61. The van der Waals surface area contributed by atoms with Gasteiger partial charge in [-0.05, 0) is 37.3 Å². The van der Waals surface area contributed by atoms with Crippen LogP contribution >= 0.6 is 27.7 Å². The van der Waals surface area contributed by atoms with Gasteiger partial charge >= 0.3 is 0 Å². The molecule has 2 aromatic carbocycles. The second kappa shape index (κ2) is 8.46. The average Bonchev–Trinajstić information content (AvgIpc) is 3.00. The Morgan fingerprint density at radius 3 is 3.00 bits per heavy atom. The number of benzene rings is 2. The lowest BCUT2D eigenvalue weighted by atomic mass is 10.2. The summed E-state index contributed by atoms with van der Waals surface area (Å²) in [5.41, 5.74) is 4.65. The second-order valence-corrected chi connectivity index (χ2v) is 7.23. The quantitative estimate of drug-likeness (QED) is 0.359. The van der Waals surface area contributed by atoms with Crippen molar-refractivity contribution in [2.75, 3.05) is 5.75 Å². The summed E-state index contributed by atoms with van der Waals surface area (Å²) in [6, 6.07) is 12.4. The number of para-hydroxylation sites is 2. The van der Waals surface area contributed by atoms with Crippen molar-refractivity contribution in [3.63, 3.8) is 0 Å². The minimum atomic E-state index is -0.405. The number of carbonyl (C=O) groups excluding carboxylic acids is 1. The van der Waals surface area contributed by atoms with E-state index >= 15 is 0 Å². The van der Waals surface area contributed by atoms with E-state index in [0.29, 0.717) is 5.56 Å². The first-order chi connectivity index (χ1) is 12.6. The summed E-state index contributed by atoms with van der Waals surface area (Å²) in [5, 5.41) is 4.60. The first-order valence-corrected chi connectivity index (χ1v) is 9.71. The maximum Gasteiger partial charge on any atom is 0.250 e. The van der Waals surface area contributed by atoms with Gasteiger partial charge in [0.2, 0.25) is 0 Å². The van der Waals surface area contributed by atoms with Gasteiger partial charge in [0.1, 0.15) is 5.82 Å². The number of aromatic nitrogens is 2. The summed E-state index contributed by atoms with van der Waals surface area (Å²) in [7, 11) is 0. The fraction of sp³-hybridized carbons (Fsp3) is 0.167. The molecule has 0 saturated carbocycles. The van der Waals surface area contributed by atoms with Gasteiger partial charge in [-0.15, -0.1) is 0 Å². The highest BCUT2D eigenvalue weighted by atomic mass is 79.9. The van der Waals surface area contributed by atoms with Crippen LogP contribution in [-0.4, -0.2) is 27.4 Å². The molecule has 0 bridgehead atoms. The topological polar surface area (TPSA) is 59.3 Å². The van der Waals surface area contributed by atoms with E-state index in [1.165, 1.54) is 24.0 Å². The maximum absolute atomic E-state index is 13.6. The van der Waals surface area contributed by atoms with Crippen LogP contribution in [-0.2, 0) is 11.3 Å². The molecule has 0 atom stereocenters. The maximum atomic E-state index is 13.6. The number of aryl methyl sites for hydroxylation is 1. The fourth-order valence-corrected chi connectivity index (χ4v) is 3.67. The molecule has 1 aromatic heterocycles. The number of hydrogen-bond acceptors (Lipinski definition) is 4. The number of amides is 1. The average molecular weight is 435 g/mol. The van der Waals surface area contributed by atoms with E-state index in [0.717, 1.165) is 27.2 Å². The van der Waals surface area contributed by atoms with Crippen molar-refractivity contribution >= 4 is 50.8 Å². The van der Waals surface area contributed by atoms with Gasteiger partial charge in [0.05, 0.1) is 23.0 Å². The van der Waals surface area contributed by atoms with Gasteiger partial charge in [-0.3, -0.25) is 4.79 Å². The Morgan fingerprint density at radius 2 is 2.19 bits per heavy atom. The molecule has 3 aromatic rings. The molecule has 0 saturated heterocycles. The number of nitrogens with zero attached hydrogens (tertiary/aromatic N) is 3. The molecule has 0 fully saturated rings. The van der Waals surface area contributed by atoms with Crippen LogP contribution < -0.4 is 5.43 Å². The largest absolute Gasteiger partial charge is 0.319 e. The summed E-state index contributed by atoms with van der Waals surface area (Å²) in [5.74, 6) is -0.518. The molecule has 0 aliphatic carbocycles. The molecule has 26 heavy (non-hydrogen) atoms. The number of hydrazone groups is 1. The molecule has 134 valence electrons. The number of hydrogen-bond donors (Lipinski definition) is 1. The Kier molecular flexibility index (Phi) is 6.05. The van der Waals surface area contributed by atoms with Crippen molar-refractivity contribution in [1.29, 1.82) is 0 Å². The van der Waals surface area contributed by atoms with Gasteiger partial charge in [0.15, 0.2) is 5.16 Å². The van der Waals surface area contributed by atoms with Gasteiger partial charge in [-0.1, -0.05) is 39.8 Å². The third kappa shape index (κ3) is 4.31. The van der Waals surface area contributed by atoms with Crippen molar-refractivity contribution < 1.29 is 9.18 Å². The predicted octanol–water partition coefficient (Wildman–Crippen LogP) is 4.20. The van der Waals surface area contributed by atoms with Crippen molar-refractivity contribution in [1.82, 2.24) is 15.0 Å². The zero-order valence-electron chi connectivity index (χ0n) is 13.9. The summed E-state index contributed by atoms with van der Waals surface area (Å²) in [6.45, 7) is 2.81. The third-order valence-corrected chi connectivity index (χ3v) is 5.09. The molecule has 0 aliphatic heterocycles. The molecule has 0 radical (unpaired) electrons. The van der Waals surface area contributed by atoms with Crippen molar-refractivity contribution in [2.24, 2.45) is 5.10 Å². The number of nitrogens with one attached hydrogen (secondary N) is 1. The van der Waals surface area contributed by atoms with Crippen LogP contribution in [0.25, 0.3) is 11.0 Å². The Labute approximate surface area is 162 Å². The lowest BCUT2D eigenvalue weighted by Gasteiger charge is -2.05. The first-order valence-electron chi connectivity index (χ1n) is 7.93. The SMILES string of the molecule is CCn1c(SCC(=O)N/N=C\c2cc(Br)ccc2F)nc2ccccc21. The number of imidazole rings is 1. The van der Waals surface area contributed by atoms with Crippen molar-refractivity contribution in [2.45, 2.75) is 18.6 Å². The third-order valence-electron chi connectivity index (χ3n) is 3.62. The Balaban J connectivity index is 1.61. The molecule has 0 spiro atoms. The van der Waals surface area contributed by atoms with Crippen LogP contribution in [0.5, 0.6) is 0 Å². The van der Waals surface area contributed by atoms with Crippen LogP contribution in [0, 0.1) is 5.82 Å². The lowest BCUT2D eigenvalue weighted by Crippen LogP contribution is -2.20. The Hall–Kier alpha value is -2.19. The van der Waals surface area contributed by atoms with E-state index in [2.05, 4.69) is 36.0 Å². The van der Waals surface area contributed by atoms with E-state index in [1.54, 1.807) is 12.1 Å². The molecule has 8 heteroatoms. The van der Waals surface area contributed by atoms with E-state index in [4.69, 9.17) is 0 Å². The van der Waals surface area contributed by atoms with E-state index in [-0.39, 0.29) is 11.7 Å². The Morgan fingerprint density at radius 1 is 1.38 bits per heavy atom. The lowest BCUT2D eigenvalue weighted by molar-refractivity contribution is -0.118. The molecular formula is C18H16BrFN4OS. The highest BCUT2D eigenvalue weighted by molar-refractivity contribution is 9.10. The predicted molar refractivity (Wildman–Crippen MR) is 106 cm³/mol. The molecule has 0 unspecified atom stereocenters. The normalized spacial score (nSPS) is 11.3. The van der Waals surface area contributed by atoms with Crippen molar-refractivity contribution in [3.05, 3.63) is 58.3 Å². The molecule has 5 nitrogen and oxygen atoms in total. The van der Waals surface area contributed by atoms with E-state index in [1.807, 2.05) is 31.2 Å². The number of rotatable bonds is 6. The van der Waals surface area contributed by atoms with Gasteiger partial charge in [-0.2, -0.15) is 5.10 Å². The first kappa shape index (κ1) is 18.6. The summed E-state index contributed by atoms with van der Waals surface area (Å²) in [4.78, 5) is 16.5. The fourth-order valence-electron chi connectivity index (χ4n) is 2.42.